The molecule has 3 aromatic heterocycles. The van der Waals surface area contributed by atoms with Gasteiger partial charge in [0.1, 0.15) is 0 Å². The summed E-state index contributed by atoms with van der Waals surface area (Å²) in [6.07, 6.45) is 1.98. The maximum atomic E-state index is 12.1. The second kappa shape index (κ2) is 8.26. The molecule has 0 bridgehead atoms. The molecule has 26 heavy (non-hydrogen) atoms. The third kappa shape index (κ3) is 4.45. The highest BCUT2D eigenvalue weighted by Gasteiger charge is 2.11. The fourth-order valence-electron chi connectivity index (χ4n) is 2.27. The summed E-state index contributed by atoms with van der Waals surface area (Å²) in [6, 6.07) is 8.35. The molecule has 3 aromatic rings. The lowest BCUT2D eigenvalue weighted by atomic mass is 10.2. The molecule has 4 N–H and O–H groups in total. The van der Waals surface area contributed by atoms with Gasteiger partial charge in [-0.2, -0.15) is 5.10 Å². The summed E-state index contributed by atoms with van der Waals surface area (Å²) in [5.74, 6) is -0.597. The first kappa shape index (κ1) is 17.6. The van der Waals surface area contributed by atoms with Gasteiger partial charge in [-0.1, -0.05) is 6.07 Å². The predicted octanol–water partition coefficient (Wildman–Crippen LogP) is 1.38. The molecule has 0 aromatic carbocycles. The molecule has 0 unspecified atom stereocenters. The number of thiophene rings is 1. The van der Waals surface area contributed by atoms with Gasteiger partial charge in [0.25, 0.3) is 11.8 Å². The van der Waals surface area contributed by atoms with E-state index in [1.165, 1.54) is 18.3 Å². The Hall–Kier alpha value is -3.20. The molecule has 0 saturated heterocycles. The number of nitrogens with one attached hydrogen (secondary N) is 4. The molecule has 3 heterocycles. The molecule has 0 spiro atoms. The lowest BCUT2D eigenvalue weighted by Crippen LogP contribution is -2.30. The molecule has 0 radical (unpaired) electrons. The Kier molecular flexibility index (Phi) is 5.59. The molecule has 134 valence electrons. The number of H-pyrrole nitrogens is 2. The van der Waals surface area contributed by atoms with Gasteiger partial charge in [0, 0.05) is 30.9 Å². The topological polar surface area (TPSA) is 120 Å². The Labute approximate surface area is 152 Å². The number of hydrogen-bond acceptors (Lipinski definition) is 5. The number of pyridine rings is 1. The van der Waals surface area contributed by atoms with E-state index in [1.807, 2.05) is 17.5 Å². The Balaban J connectivity index is 1.40. The number of hydrogen-bond donors (Lipinski definition) is 4. The Morgan fingerprint density at radius 2 is 1.92 bits per heavy atom. The summed E-state index contributed by atoms with van der Waals surface area (Å²) in [7, 11) is 0. The van der Waals surface area contributed by atoms with E-state index >= 15 is 0 Å². The first-order valence-electron chi connectivity index (χ1n) is 7.98. The summed E-state index contributed by atoms with van der Waals surface area (Å²) in [5, 5.41) is 14.3. The van der Waals surface area contributed by atoms with Crippen LogP contribution in [-0.2, 0) is 0 Å². The van der Waals surface area contributed by atoms with Crippen LogP contribution < -0.4 is 16.2 Å². The smallest absolute Gasteiger partial charge is 0.271 e. The standard InChI is InChI=1S/C17H17N5O3S/c23-15-9-11(4-7-18-15)16(24)19-5-2-6-20-17(25)13-10-12(21-22-13)14-3-1-8-26-14/h1,3-4,7-10H,2,5-6H2,(H,18,23)(H,19,24)(H,20,25)(H,21,22). The highest BCUT2D eigenvalue weighted by molar-refractivity contribution is 7.13. The van der Waals surface area contributed by atoms with E-state index in [2.05, 4.69) is 25.8 Å². The van der Waals surface area contributed by atoms with E-state index in [1.54, 1.807) is 17.4 Å². The summed E-state index contributed by atoms with van der Waals surface area (Å²) >= 11 is 1.56. The number of carbonyl (C=O) groups is 2. The van der Waals surface area contributed by atoms with E-state index in [9.17, 15) is 14.4 Å². The van der Waals surface area contributed by atoms with Gasteiger partial charge < -0.3 is 15.6 Å². The quantitative estimate of drug-likeness (QED) is 0.469. The minimum atomic E-state index is -0.328. The Bertz CT molecular complexity index is 945. The summed E-state index contributed by atoms with van der Waals surface area (Å²) in [6.45, 7) is 0.780. The monoisotopic (exact) mass is 371 g/mol. The second-order valence-corrected chi connectivity index (χ2v) is 6.40. The highest BCUT2D eigenvalue weighted by atomic mass is 32.1. The fraction of sp³-hybridized carbons (Fsp3) is 0.176. The molecular weight excluding hydrogens is 354 g/mol. The van der Waals surface area contributed by atoms with Crippen LogP contribution in [0.5, 0.6) is 0 Å². The van der Waals surface area contributed by atoms with Crippen molar-refractivity contribution in [3.63, 3.8) is 0 Å². The number of amides is 2. The molecule has 8 nitrogen and oxygen atoms in total. The van der Waals surface area contributed by atoms with E-state index < -0.39 is 0 Å². The zero-order valence-corrected chi connectivity index (χ0v) is 14.6. The number of nitrogens with zero attached hydrogens (tertiary/aromatic N) is 1. The largest absolute Gasteiger partial charge is 0.352 e. The second-order valence-electron chi connectivity index (χ2n) is 5.45. The molecule has 2 amide bonds. The highest BCUT2D eigenvalue weighted by Crippen LogP contribution is 2.22. The van der Waals surface area contributed by atoms with Gasteiger partial charge in [0.2, 0.25) is 5.56 Å². The average Bonchev–Trinajstić information content (AvgIpc) is 3.32. The zero-order chi connectivity index (χ0) is 18.4. The predicted molar refractivity (Wildman–Crippen MR) is 98.2 cm³/mol. The minimum Gasteiger partial charge on any atom is -0.352 e. The average molecular weight is 371 g/mol. The first-order valence-corrected chi connectivity index (χ1v) is 8.86. The Morgan fingerprint density at radius 3 is 2.65 bits per heavy atom. The number of aromatic nitrogens is 3. The lowest BCUT2D eigenvalue weighted by Gasteiger charge is -2.05. The van der Waals surface area contributed by atoms with Crippen molar-refractivity contribution >= 4 is 23.2 Å². The lowest BCUT2D eigenvalue weighted by molar-refractivity contribution is 0.0948. The number of carbonyl (C=O) groups excluding carboxylic acids is 2. The van der Waals surface area contributed by atoms with Crippen molar-refractivity contribution in [2.75, 3.05) is 13.1 Å². The third-order valence-corrected chi connectivity index (χ3v) is 4.46. The summed E-state index contributed by atoms with van der Waals surface area (Å²) in [4.78, 5) is 38.6. The van der Waals surface area contributed by atoms with Gasteiger partial charge >= 0.3 is 0 Å². The van der Waals surface area contributed by atoms with E-state index in [4.69, 9.17) is 0 Å². The van der Waals surface area contributed by atoms with E-state index in [0.717, 1.165) is 10.6 Å². The Morgan fingerprint density at radius 1 is 1.12 bits per heavy atom. The van der Waals surface area contributed by atoms with Gasteiger partial charge in [-0.3, -0.25) is 19.5 Å². The van der Waals surface area contributed by atoms with Gasteiger partial charge in [0.05, 0.1) is 10.6 Å². The van der Waals surface area contributed by atoms with Crippen LogP contribution in [0, 0.1) is 0 Å². The normalized spacial score (nSPS) is 10.5. The number of rotatable bonds is 7. The molecule has 0 fully saturated rings. The van der Waals surface area contributed by atoms with Crippen LogP contribution in [0.25, 0.3) is 10.6 Å². The van der Waals surface area contributed by atoms with Crippen LogP contribution in [0.2, 0.25) is 0 Å². The molecule has 0 atom stereocenters. The van der Waals surface area contributed by atoms with Gasteiger partial charge in [-0.15, -0.1) is 11.3 Å². The van der Waals surface area contributed by atoms with Gasteiger partial charge in [0.15, 0.2) is 5.69 Å². The van der Waals surface area contributed by atoms with Gasteiger partial charge in [-0.25, -0.2) is 0 Å². The van der Waals surface area contributed by atoms with Crippen molar-refractivity contribution in [1.29, 1.82) is 0 Å². The van der Waals surface area contributed by atoms with Crippen LogP contribution in [-0.4, -0.2) is 40.1 Å². The molecule has 3 rings (SSSR count). The minimum absolute atomic E-state index is 0.273. The van der Waals surface area contributed by atoms with Crippen molar-refractivity contribution in [2.45, 2.75) is 6.42 Å². The maximum Gasteiger partial charge on any atom is 0.271 e. The SMILES string of the molecule is O=C(NCCCNC(=O)c1cc(-c2cccs2)[nH]n1)c1cc[nH]c(=O)c1. The molecule has 0 aliphatic heterocycles. The summed E-state index contributed by atoms with van der Waals surface area (Å²) < 4.78 is 0. The van der Waals surface area contributed by atoms with Crippen molar-refractivity contribution in [2.24, 2.45) is 0 Å². The zero-order valence-electron chi connectivity index (χ0n) is 13.7. The van der Waals surface area contributed by atoms with E-state index in [0.29, 0.717) is 30.8 Å². The van der Waals surface area contributed by atoms with Crippen molar-refractivity contribution in [1.82, 2.24) is 25.8 Å². The van der Waals surface area contributed by atoms with Crippen LogP contribution in [0.3, 0.4) is 0 Å². The van der Waals surface area contributed by atoms with E-state index in [-0.39, 0.29) is 17.4 Å². The van der Waals surface area contributed by atoms with Crippen LogP contribution in [0.4, 0.5) is 0 Å². The molecular formula is C17H17N5O3S. The molecule has 0 saturated carbocycles. The van der Waals surface area contributed by atoms with Crippen LogP contribution >= 0.6 is 11.3 Å². The third-order valence-electron chi connectivity index (χ3n) is 3.56. The number of aromatic amines is 2. The van der Waals surface area contributed by atoms with Crippen LogP contribution in [0.15, 0.2) is 46.7 Å². The van der Waals surface area contributed by atoms with Gasteiger partial charge in [-0.05, 0) is 30.0 Å². The van der Waals surface area contributed by atoms with Crippen LogP contribution in [0.1, 0.15) is 27.3 Å². The maximum absolute atomic E-state index is 12.1. The van der Waals surface area contributed by atoms with Crippen molar-refractivity contribution < 1.29 is 9.59 Å². The molecule has 0 aliphatic carbocycles. The molecule has 0 aliphatic rings. The first-order chi connectivity index (χ1) is 12.6. The fourth-order valence-corrected chi connectivity index (χ4v) is 2.96. The molecule has 9 heteroatoms. The van der Waals surface area contributed by atoms with Crippen molar-refractivity contribution in [3.8, 4) is 10.6 Å². The summed E-state index contributed by atoms with van der Waals surface area (Å²) in [5.41, 5.74) is 1.09. The van der Waals surface area contributed by atoms with Crippen molar-refractivity contribution in [3.05, 3.63) is 63.5 Å².